The lowest BCUT2D eigenvalue weighted by Gasteiger charge is -1.69. The molecule has 1 fully saturated rings. The maximum atomic E-state index is 6.06. The number of ether oxygens (including phenoxy) is 1. The molecule has 1 aliphatic heterocycles. The molecule has 0 spiro atoms. The van der Waals surface area contributed by atoms with E-state index in [2.05, 4.69) is 18.4 Å². The van der Waals surface area contributed by atoms with E-state index in [0.29, 0.717) is 6.10 Å². The normalized spacial score (nSPS) is 22.9. The summed E-state index contributed by atoms with van der Waals surface area (Å²) >= 11 is 0. The van der Waals surface area contributed by atoms with Crippen molar-refractivity contribution in [3.05, 3.63) is 0 Å². The summed E-state index contributed by atoms with van der Waals surface area (Å²) in [6.45, 7) is 3.04. The predicted molar refractivity (Wildman–Crippen MR) is 31.5 cm³/mol. The average Bonchev–Trinajstić information content (AvgIpc) is 2.19. The highest BCUT2D eigenvalue weighted by Crippen LogP contribution is 2.04. The molecule has 8 heavy (non-hydrogen) atoms. The lowest BCUT2D eigenvalue weighted by molar-refractivity contribution is 0.423. The molecule has 0 aromatic rings. The zero-order chi connectivity index (χ0) is 6.57. The highest BCUT2D eigenvalue weighted by atomic mass is 16.6. The maximum Gasteiger partial charge on any atom is 0.183 e. The van der Waals surface area contributed by atoms with E-state index in [-0.39, 0.29) is 5.96 Å². The summed E-state index contributed by atoms with van der Waals surface area (Å²) in [5.41, 5.74) is 8.94. The third-order valence-electron chi connectivity index (χ3n) is 0.500. The Labute approximate surface area is 48.3 Å². The van der Waals surface area contributed by atoms with Crippen molar-refractivity contribution in [1.82, 2.24) is 0 Å². The molecular weight excluding hydrogens is 106 g/mol. The molecular formula is C4H11N3O. The van der Waals surface area contributed by atoms with E-state index < -0.39 is 0 Å². The Morgan fingerprint density at radius 2 is 1.88 bits per heavy atom. The van der Waals surface area contributed by atoms with Gasteiger partial charge in [0, 0.05) is 0 Å². The molecule has 4 nitrogen and oxygen atoms in total. The van der Waals surface area contributed by atoms with Gasteiger partial charge in [-0.1, -0.05) is 0 Å². The lowest BCUT2D eigenvalue weighted by atomic mass is 10.6. The number of epoxide rings is 1. The van der Waals surface area contributed by atoms with Gasteiger partial charge < -0.3 is 16.2 Å². The van der Waals surface area contributed by atoms with Gasteiger partial charge >= 0.3 is 0 Å². The van der Waals surface area contributed by atoms with Gasteiger partial charge in [-0.25, -0.2) is 0 Å². The SMILES string of the molecule is CC1CO1.N=C(N)N. The minimum atomic E-state index is -0.333. The summed E-state index contributed by atoms with van der Waals surface area (Å²) in [4.78, 5) is 0. The van der Waals surface area contributed by atoms with Gasteiger partial charge in [0.15, 0.2) is 5.96 Å². The first-order valence-electron chi connectivity index (χ1n) is 2.34. The number of nitrogens with one attached hydrogen (secondary N) is 1. The van der Waals surface area contributed by atoms with Crippen LogP contribution in [-0.2, 0) is 4.74 Å². The minimum Gasteiger partial charge on any atom is -0.373 e. The highest BCUT2D eigenvalue weighted by molar-refractivity contribution is 5.71. The highest BCUT2D eigenvalue weighted by Gasteiger charge is 2.13. The van der Waals surface area contributed by atoms with Gasteiger partial charge in [0.05, 0.1) is 12.7 Å². The molecule has 0 radical (unpaired) electrons. The quantitative estimate of drug-likeness (QED) is 0.221. The molecule has 1 saturated heterocycles. The first-order chi connectivity index (χ1) is 3.63. The van der Waals surface area contributed by atoms with Crippen LogP contribution in [0.25, 0.3) is 0 Å². The van der Waals surface area contributed by atoms with Crippen molar-refractivity contribution in [2.45, 2.75) is 13.0 Å². The van der Waals surface area contributed by atoms with E-state index in [4.69, 9.17) is 10.1 Å². The van der Waals surface area contributed by atoms with Gasteiger partial charge in [-0.2, -0.15) is 0 Å². The molecule has 0 bridgehead atoms. The molecule has 1 atom stereocenters. The fourth-order valence-corrected chi connectivity index (χ4v) is 0.0962. The van der Waals surface area contributed by atoms with E-state index in [1.807, 2.05) is 0 Å². The van der Waals surface area contributed by atoms with Crippen LogP contribution in [0.15, 0.2) is 0 Å². The Bertz CT molecular complexity index is 75.4. The molecule has 5 N–H and O–H groups in total. The minimum absolute atomic E-state index is 0.333. The Morgan fingerprint density at radius 3 is 1.88 bits per heavy atom. The van der Waals surface area contributed by atoms with Crippen LogP contribution < -0.4 is 11.5 Å². The van der Waals surface area contributed by atoms with Crippen molar-refractivity contribution in [3.8, 4) is 0 Å². The number of hydrogen-bond donors (Lipinski definition) is 3. The Morgan fingerprint density at radius 1 is 1.75 bits per heavy atom. The second kappa shape index (κ2) is 3.26. The van der Waals surface area contributed by atoms with E-state index in [0.717, 1.165) is 6.61 Å². The van der Waals surface area contributed by atoms with Crippen LogP contribution in [-0.4, -0.2) is 18.7 Å². The maximum absolute atomic E-state index is 6.06. The largest absolute Gasteiger partial charge is 0.373 e. The summed E-state index contributed by atoms with van der Waals surface area (Å²) in [7, 11) is 0. The summed E-state index contributed by atoms with van der Waals surface area (Å²) in [5.74, 6) is -0.333. The van der Waals surface area contributed by atoms with Crippen LogP contribution in [0.1, 0.15) is 6.92 Å². The molecule has 1 rings (SSSR count). The van der Waals surface area contributed by atoms with E-state index in [1.165, 1.54) is 0 Å². The average molecular weight is 117 g/mol. The van der Waals surface area contributed by atoms with Gasteiger partial charge in [0.2, 0.25) is 0 Å². The fourth-order valence-electron chi connectivity index (χ4n) is 0.0962. The van der Waals surface area contributed by atoms with E-state index >= 15 is 0 Å². The van der Waals surface area contributed by atoms with Crippen LogP contribution in [0.2, 0.25) is 0 Å². The third-order valence-corrected chi connectivity index (χ3v) is 0.500. The first-order valence-corrected chi connectivity index (χ1v) is 2.34. The first kappa shape index (κ1) is 7.23. The number of rotatable bonds is 0. The molecule has 1 aliphatic rings. The summed E-state index contributed by atoms with van der Waals surface area (Å²) < 4.78 is 4.71. The van der Waals surface area contributed by atoms with Crippen LogP contribution in [0.4, 0.5) is 0 Å². The van der Waals surface area contributed by atoms with Crippen molar-refractivity contribution < 1.29 is 4.74 Å². The summed E-state index contributed by atoms with van der Waals surface area (Å²) in [5, 5.41) is 6.06. The number of nitrogens with two attached hydrogens (primary N) is 2. The number of guanidine groups is 1. The second-order valence-electron chi connectivity index (χ2n) is 1.60. The Hall–Kier alpha value is -0.770. The van der Waals surface area contributed by atoms with Gasteiger partial charge in [-0.3, -0.25) is 5.41 Å². The molecule has 0 amide bonds. The van der Waals surface area contributed by atoms with Crippen molar-refractivity contribution in [3.63, 3.8) is 0 Å². The van der Waals surface area contributed by atoms with Crippen molar-refractivity contribution in [1.29, 1.82) is 5.41 Å². The smallest absolute Gasteiger partial charge is 0.183 e. The van der Waals surface area contributed by atoms with Crippen LogP contribution in [0.5, 0.6) is 0 Å². The molecule has 0 aromatic carbocycles. The molecule has 48 valence electrons. The Balaban J connectivity index is 0.000000122. The lowest BCUT2D eigenvalue weighted by Crippen LogP contribution is -2.20. The molecule has 4 heteroatoms. The van der Waals surface area contributed by atoms with Crippen LogP contribution >= 0.6 is 0 Å². The topological polar surface area (TPSA) is 88.4 Å². The molecule has 0 aliphatic carbocycles. The zero-order valence-corrected chi connectivity index (χ0v) is 4.85. The van der Waals surface area contributed by atoms with Crippen LogP contribution in [0.3, 0.4) is 0 Å². The molecule has 1 unspecified atom stereocenters. The standard InChI is InChI=1S/C3H6O.CH5N3/c1-3-2-4-3;2-1(3)4/h3H,2H2,1H3;(H5,2,3,4). The second-order valence-corrected chi connectivity index (χ2v) is 1.60. The van der Waals surface area contributed by atoms with Gasteiger partial charge in [0.25, 0.3) is 0 Å². The van der Waals surface area contributed by atoms with Gasteiger partial charge in [-0.15, -0.1) is 0 Å². The third kappa shape index (κ3) is 18.8. The molecule has 1 heterocycles. The van der Waals surface area contributed by atoms with Crippen molar-refractivity contribution >= 4 is 5.96 Å². The number of hydrogen-bond acceptors (Lipinski definition) is 2. The van der Waals surface area contributed by atoms with E-state index in [1.54, 1.807) is 0 Å². The predicted octanol–water partition coefficient (Wildman–Crippen LogP) is -0.756. The van der Waals surface area contributed by atoms with Gasteiger partial charge in [-0.05, 0) is 6.92 Å². The van der Waals surface area contributed by atoms with Crippen LogP contribution in [0, 0.1) is 5.41 Å². The summed E-state index contributed by atoms with van der Waals surface area (Å²) in [6, 6.07) is 0. The van der Waals surface area contributed by atoms with E-state index in [9.17, 15) is 0 Å². The fraction of sp³-hybridized carbons (Fsp3) is 0.750. The van der Waals surface area contributed by atoms with Gasteiger partial charge in [0.1, 0.15) is 0 Å². The monoisotopic (exact) mass is 117 g/mol. The van der Waals surface area contributed by atoms with Crippen molar-refractivity contribution in [2.24, 2.45) is 11.5 Å². The summed E-state index contributed by atoms with van der Waals surface area (Å²) in [6.07, 6.45) is 0.583. The Kier molecular flexibility index (Phi) is 2.95. The zero-order valence-electron chi connectivity index (χ0n) is 4.85. The molecule has 0 aromatic heterocycles. The molecule has 0 saturated carbocycles. The van der Waals surface area contributed by atoms with Crippen molar-refractivity contribution in [2.75, 3.05) is 6.61 Å².